The van der Waals surface area contributed by atoms with Gasteiger partial charge < -0.3 is 20.6 Å². The first-order valence-electron chi connectivity index (χ1n) is 14.6. The molecule has 3 unspecified atom stereocenters. The van der Waals surface area contributed by atoms with E-state index in [9.17, 15) is 20.1 Å². The number of carbonyl (C=O) groups is 1. The molecule has 5 heteroatoms. The van der Waals surface area contributed by atoms with E-state index in [-0.39, 0.29) is 18.9 Å². The molecule has 3 atom stereocenters. The molecule has 5 nitrogen and oxygen atoms in total. The predicted octanol–water partition coefficient (Wildman–Crippen LogP) is 6.75. The summed E-state index contributed by atoms with van der Waals surface area (Å²) >= 11 is 0. The lowest BCUT2D eigenvalue weighted by Crippen LogP contribution is -2.45. The van der Waals surface area contributed by atoms with Crippen molar-refractivity contribution in [2.75, 3.05) is 6.61 Å². The Labute approximate surface area is 216 Å². The number of rotatable bonds is 25. The zero-order valence-corrected chi connectivity index (χ0v) is 22.9. The van der Waals surface area contributed by atoms with Gasteiger partial charge in [0.05, 0.1) is 31.3 Å². The first kappa shape index (κ1) is 33.8. The Morgan fingerprint density at radius 2 is 1.23 bits per heavy atom. The van der Waals surface area contributed by atoms with E-state index in [4.69, 9.17) is 0 Å². The van der Waals surface area contributed by atoms with Gasteiger partial charge >= 0.3 is 0 Å². The average molecular weight is 496 g/mol. The van der Waals surface area contributed by atoms with Crippen LogP contribution in [-0.2, 0) is 4.79 Å². The Balaban J connectivity index is 3.91. The van der Waals surface area contributed by atoms with Crippen LogP contribution in [0.25, 0.3) is 0 Å². The third kappa shape index (κ3) is 23.0. The van der Waals surface area contributed by atoms with Crippen LogP contribution in [0.1, 0.15) is 136 Å². The van der Waals surface area contributed by atoms with Gasteiger partial charge in [0, 0.05) is 0 Å². The summed E-state index contributed by atoms with van der Waals surface area (Å²) in [5.41, 5.74) is 0. The van der Waals surface area contributed by atoms with Crippen molar-refractivity contribution in [2.24, 2.45) is 0 Å². The lowest BCUT2D eigenvalue weighted by molar-refractivity contribution is -0.124. The van der Waals surface area contributed by atoms with E-state index in [1.54, 1.807) is 6.08 Å². The number of carbonyl (C=O) groups excluding carboxylic acids is 1. The van der Waals surface area contributed by atoms with Crippen molar-refractivity contribution in [3.63, 3.8) is 0 Å². The highest BCUT2D eigenvalue weighted by atomic mass is 16.3. The number of aliphatic hydroxyl groups is 3. The van der Waals surface area contributed by atoms with Gasteiger partial charge in [0.1, 0.15) is 0 Å². The molecular weight excluding hydrogens is 438 g/mol. The largest absolute Gasteiger partial charge is 0.394 e. The minimum Gasteiger partial charge on any atom is -0.394 e. The van der Waals surface area contributed by atoms with Crippen LogP contribution in [0.3, 0.4) is 0 Å². The molecule has 0 rings (SSSR count). The standard InChI is InChI=1S/C30H57NO4/c1-3-5-7-9-11-13-14-15-16-18-20-22-24-29(34)28(26-32)31-30(35)25-27(33)23-21-19-17-12-10-8-6-4-2/h15-16,22,24,27-29,32-34H,3-14,17-21,23,25-26H2,1-2H3,(H,31,35)/b16-15+,24-22+. The lowest BCUT2D eigenvalue weighted by Gasteiger charge is -2.21. The van der Waals surface area contributed by atoms with Gasteiger partial charge in [-0.2, -0.15) is 0 Å². The molecule has 35 heavy (non-hydrogen) atoms. The van der Waals surface area contributed by atoms with Crippen LogP contribution in [0.4, 0.5) is 0 Å². The number of amides is 1. The summed E-state index contributed by atoms with van der Waals surface area (Å²) in [5.74, 6) is -0.332. The fourth-order valence-electron chi connectivity index (χ4n) is 4.18. The molecule has 0 aliphatic heterocycles. The van der Waals surface area contributed by atoms with Gasteiger partial charge in [-0.25, -0.2) is 0 Å². The normalized spacial score (nSPS) is 14.5. The molecule has 0 aromatic carbocycles. The van der Waals surface area contributed by atoms with E-state index in [2.05, 4.69) is 31.3 Å². The third-order valence-electron chi connectivity index (χ3n) is 6.49. The van der Waals surface area contributed by atoms with E-state index in [0.717, 1.165) is 32.1 Å². The smallest absolute Gasteiger partial charge is 0.222 e. The quantitative estimate of drug-likeness (QED) is 0.0833. The maximum absolute atomic E-state index is 12.2. The number of allylic oxidation sites excluding steroid dienone is 3. The molecule has 0 aliphatic carbocycles. The zero-order valence-electron chi connectivity index (χ0n) is 22.9. The van der Waals surface area contributed by atoms with E-state index >= 15 is 0 Å². The average Bonchev–Trinajstić information content (AvgIpc) is 2.84. The molecule has 0 heterocycles. The van der Waals surface area contributed by atoms with Crippen LogP contribution < -0.4 is 5.32 Å². The second-order valence-corrected chi connectivity index (χ2v) is 10.0. The fraction of sp³-hybridized carbons (Fsp3) is 0.833. The number of hydrogen-bond donors (Lipinski definition) is 4. The molecule has 0 aromatic rings. The van der Waals surface area contributed by atoms with E-state index in [1.165, 1.54) is 77.0 Å². The molecule has 4 N–H and O–H groups in total. The van der Waals surface area contributed by atoms with Crippen LogP contribution in [-0.4, -0.2) is 46.1 Å². The molecule has 0 radical (unpaired) electrons. The minimum atomic E-state index is -0.944. The molecule has 0 spiro atoms. The second-order valence-electron chi connectivity index (χ2n) is 10.0. The Hall–Kier alpha value is -1.17. The number of aliphatic hydroxyl groups excluding tert-OH is 3. The van der Waals surface area contributed by atoms with Crippen LogP contribution >= 0.6 is 0 Å². The van der Waals surface area contributed by atoms with Gasteiger partial charge in [-0.15, -0.1) is 0 Å². The van der Waals surface area contributed by atoms with Crippen LogP contribution in [0.15, 0.2) is 24.3 Å². The van der Waals surface area contributed by atoms with Crippen molar-refractivity contribution >= 4 is 5.91 Å². The van der Waals surface area contributed by atoms with Gasteiger partial charge in [-0.1, -0.05) is 122 Å². The summed E-state index contributed by atoms with van der Waals surface area (Å²) in [4.78, 5) is 12.2. The van der Waals surface area contributed by atoms with Gasteiger partial charge in [-0.05, 0) is 32.1 Å². The summed E-state index contributed by atoms with van der Waals surface area (Å²) in [6, 6.07) is -0.752. The molecule has 0 saturated heterocycles. The predicted molar refractivity (Wildman–Crippen MR) is 148 cm³/mol. The third-order valence-corrected chi connectivity index (χ3v) is 6.49. The number of unbranched alkanes of at least 4 members (excludes halogenated alkanes) is 14. The van der Waals surface area contributed by atoms with Gasteiger partial charge in [0.15, 0.2) is 0 Å². The maximum Gasteiger partial charge on any atom is 0.222 e. The van der Waals surface area contributed by atoms with Crippen molar-refractivity contribution in [3.05, 3.63) is 24.3 Å². The first-order valence-corrected chi connectivity index (χ1v) is 14.6. The SMILES string of the molecule is CCCCCCCC/C=C/CC/C=C/C(O)C(CO)NC(=O)CC(O)CCCCCCCCCC. The summed E-state index contributed by atoms with van der Waals surface area (Å²) in [6.07, 6.45) is 27.3. The van der Waals surface area contributed by atoms with Crippen molar-refractivity contribution in [3.8, 4) is 0 Å². The summed E-state index contributed by atoms with van der Waals surface area (Å²) in [7, 11) is 0. The van der Waals surface area contributed by atoms with E-state index in [0.29, 0.717) is 6.42 Å². The highest BCUT2D eigenvalue weighted by Gasteiger charge is 2.19. The van der Waals surface area contributed by atoms with Crippen LogP contribution in [0.2, 0.25) is 0 Å². The molecule has 1 amide bonds. The van der Waals surface area contributed by atoms with E-state index in [1.807, 2.05) is 6.08 Å². The van der Waals surface area contributed by atoms with E-state index < -0.39 is 18.2 Å². The van der Waals surface area contributed by atoms with Crippen molar-refractivity contribution < 1.29 is 20.1 Å². The van der Waals surface area contributed by atoms with Gasteiger partial charge in [0.25, 0.3) is 0 Å². The van der Waals surface area contributed by atoms with Crippen LogP contribution in [0, 0.1) is 0 Å². The Kier molecular flexibility index (Phi) is 25.0. The van der Waals surface area contributed by atoms with Gasteiger partial charge in [-0.3, -0.25) is 4.79 Å². The summed E-state index contributed by atoms with van der Waals surface area (Å²) in [5, 5.41) is 32.6. The lowest BCUT2D eigenvalue weighted by atomic mass is 10.0. The molecule has 0 fully saturated rings. The first-order chi connectivity index (χ1) is 17.0. The number of hydrogen-bond acceptors (Lipinski definition) is 4. The Morgan fingerprint density at radius 1 is 0.714 bits per heavy atom. The molecule has 0 saturated carbocycles. The second kappa shape index (κ2) is 25.9. The van der Waals surface area contributed by atoms with Crippen molar-refractivity contribution in [1.29, 1.82) is 0 Å². The molecule has 0 bridgehead atoms. The molecule has 206 valence electrons. The zero-order chi connectivity index (χ0) is 26.0. The fourth-order valence-corrected chi connectivity index (χ4v) is 4.18. The summed E-state index contributed by atoms with van der Waals surface area (Å²) < 4.78 is 0. The van der Waals surface area contributed by atoms with Crippen molar-refractivity contribution in [2.45, 2.75) is 154 Å². The summed E-state index contributed by atoms with van der Waals surface area (Å²) in [6.45, 7) is 4.11. The Morgan fingerprint density at radius 3 is 1.83 bits per heavy atom. The minimum absolute atomic E-state index is 0.00678. The molecule has 0 aromatic heterocycles. The van der Waals surface area contributed by atoms with Crippen molar-refractivity contribution in [1.82, 2.24) is 5.32 Å². The molecular formula is C30H57NO4. The maximum atomic E-state index is 12.2. The van der Waals surface area contributed by atoms with Gasteiger partial charge in [0.2, 0.25) is 5.91 Å². The van der Waals surface area contributed by atoms with Crippen LogP contribution in [0.5, 0.6) is 0 Å². The highest BCUT2D eigenvalue weighted by molar-refractivity contribution is 5.76. The topological polar surface area (TPSA) is 89.8 Å². The monoisotopic (exact) mass is 495 g/mol. The highest BCUT2D eigenvalue weighted by Crippen LogP contribution is 2.12. The molecule has 0 aliphatic rings. The Bertz CT molecular complexity index is 520. The number of nitrogens with one attached hydrogen (secondary N) is 1.